The van der Waals surface area contributed by atoms with Crippen molar-refractivity contribution >= 4 is 96.7 Å². The maximum atomic E-state index is 5.30. The fourth-order valence-corrected chi connectivity index (χ4v) is 11.7. The SMILES string of the molecule is [Se]=P(c1ccc2cccnc2c1)(c1ccc2cccnc2c1)c1cccc2nc3c4ccccc4c4ccccc4n3c12. The monoisotopic (exact) mass is 634 g/mol. The van der Waals surface area contributed by atoms with Crippen LogP contribution >= 0.6 is 5.51 Å². The summed E-state index contributed by atoms with van der Waals surface area (Å²) in [4.78, 5) is 14.8. The van der Waals surface area contributed by atoms with Gasteiger partial charge in [0.2, 0.25) is 0 Å². The first-order chi connectivity index (χ1) is 21.2. The molecular formula is C37H23N4PSe. The third-order valence-electron chi connectivity index (χ3n) is 8.50. The number of pyridine rings is 3. The van der Waals surface area contributed by atoms with Gasteiger partial charge in [0, 0.05) is 0 Å². The number of aromatic nitrogens is 4. The van der Waals surface area contributed by atoms with Gasteiger partial charge in [-0.3, -0.25) is 0 Å². The van der Waals surface area contributed by atoms with Crippen molar-refractivity contribution in [3.63, 3.8) is 0 Å². The molecule has 4 aromatic heterocycles. The van der Waals surface area contributed by atoms with Crippen LogP contribution in [0.3, 0.4) is 0 Å². The second-order valence-electron chi connectivity index (χ2n) is 10.8. The van der Waals surface area contributed by atoms with E-state index in [1.807, 2.05) is 24.5 Å². The van der Waals surface area contributed by atoms with Gasteiger partial charge in [-0.25, -0.2) is 0 Å². The van der Waals surface area contributed by atoms with E-state index in [0.717, 1.165) is 49.4 Å². The Morgan fingerprint density at radius 1 is 0.535 bits per heavy atom. The van der Waals surface area contributed by atoms with Crippen molar-refractivity contribution in [2.45, 2.75) is 0 Å². The Labute approximate surface area is 254 Å². The summed E-state index contributed by atoms with van der Waals surface area (Å²) < 4.78 is 2.38. The Morgan fingerprint density at radius 2 is 1.16 bits per heavy atom. The zero-order chi connectivity index (χ0) is 28.5. The van der Waals surface area contributed by atoms with Gasteiger partial charge in [-0.1, -0.05) is 0 Å². The van der Waals surface area contributed by atoms with E-state index in [2.05, 4.69) is 135 Å². The molecule has 6 heteroatoms. The summed E-state index contributed by atoms with van der Waals surface area (Å²) >= 11 is 3.82. The molecule has 0 fully saturated rings. The molecule has 202 valence electrons. The molecule has 0 amide bonds. The van der Waals surface area contributed by atoms with E-state index in [-0.39, 0.29) is 0 Å². The number of benzene rings is 5. The summed E-state index contributed by atoms with van der Waals surface area (Å²) in [6.07, 6.45) is 3.74. The molecule has 0 aliphatic heterocycles. The first-order valence-corrected chi connectivity index (χ1v) is 18.2. The number of para-hydroxylation sites is 2. The molecule has 0 radical (unpaired) electrons. The number of hydrogen-bond donors (Lipinski definition) is 0. The van der Waals surface area contributed by atoms with Crippen molar-refractivity contribution in [2.24, 2.45) is 0 Å². The van der Waals surface area contributed by atoms with Crippen LogP contribution in [0.1, 0.15) is 0 Å². The second kappa shape index (κ2) is 9.42. The molecule has 0 saturated carbocycles. The summed E-state index contributed by atoms with van der Waals surface area (Å²) in [5, 5.41) is 9.52. The van der Waals surface area contributed by atoms with Crippen LogP contribution in [0.4, 0.5) is 0 Å². The number of nitrogens with zero attached hydrogens (tertiary/aromatic N) is 4. The zero-order valence-electron chi connectivity index (χ0n) is 22.9. The summed E-state index contributed by atoms with van der Waals surface area (Å²) in [6.45, 7) is 0. The number of fused-ring (bicyclic) bond motifs is 10. The molecule has 0 atom stereocenters. The van der Waals surface area contributed by atoms with Crippen molar-refractivity contribution in [1.82, 2.24) is 19.4 Å². The average Bonchev–Trinajstić information content (AvgIpc) is 3.48. The third kappa shape index (κ3) is 3.63. The van der Waals surface area contributed by atoms with Crippen LogP contribution in [0.25, 0.3) is 60.2 Å². The van der Waals surface area contributed by atoms with Gasteiger partial charge in [0.05, 0.1) is 0 Å². The standard InChI is InChI=1S/C37H23N4PSe/c43-42(26-18-16-24-8-6-20-38-32(24)22-26,27-19-17-25-9-7-21-39-33(25)23-27)35-15-5-13-31-36(35)41-34-14-4-3-11-29(34)28-10-1-2-12-30(28)37(41)40-31/h1-23H. The van der Waals surface area contributed by atoms with Gasteiger partial charge in [-0.05, 0) is 0 Å². The van der Waals surface area contributed by atoms with Gasteiger partial charge >= 0.3 is 256 Å². The Kier molecular flexibility index (Phi) is 5.45. The molecule has 0 saturated heterocycles. The second-order valence-corrected chi connectivity index (χ2v) is 17.0. The van der Waals surface area contributed by atoms with Crippen molar-refractivity contribution in [3.8, 4) is 0 Å². The minimum atomic E-state index is -2.36. The van der Waals surface area contributed by atoms with Gasteiger partial charge in [0.15, 0.2) is 0 Å². The predicted molar refractivity (Wildman–Crippen MR) is 183 cm³/mol. The van der Waals surface area contributed by atoms with Gasteiger partial charge < -0.3 is 0 Å². The Hall–Kier alpha value is -4.66. The average molecular weight is 634 g/mol. The quantitative estimate of drug-likeness (QED) is 0.117. The van der Waals surface area contributed by atoms with E-state index < -0.39 is 5.51 Å². The van der Waals surface area contributed by atoms with Crippen molar-refractivity contribution in [2.75, 3.05) is 0 Å². The molecule has 0 spiro atoms. The van der Waals surface area contributed by atoms with Crippen LogP contribution < -0.4 is 15.9 Å². The van der Waals surface area contributed by atoms with Crippen LogP contribution in [0, 0.1) is 0 Å². The van der Waals surface area contributed by atoms with Gasteiger partial charge in [0.1, 0.15) is 0 Å². The van der Waals surface area contributed by atoms with E-state index in [1.54, 1.807) is 0 Å². The Bertz CT molecular complexity index is 2540. The molecule has 0 N–H and O–H groups in total. The van der Waals surface area contributed by atoms with Gasteiger partial charge in [-0.15, -0.1) is 0 Å². The molecule has 43 heavy (non-hydrogen) atoms. The maximum absolute atomic E-state index is 5.30. The number of rotatable bonds is 3. The van der Waals surface area contributed by atoms with E-state index in [4.69, 9.17) is 15.0 Å². The number of imidazole rings is 1. The molecular weight excluding hydrogens is 610 g/mol. The molecule has 9 aromatic rings. The minimum absolute atomic E-state index is 0.976. The van der Waals surface area contributed by atoms with Crippen LogP contribution in [-0.2, 0) is 0 Å². The van der Waals surface area contributed by atoms with Gasteiger partial charge in [0.25, 0.3) is 0 Å². The summed E-state index contributed by atoms with van der Waals surface area (Å²) in [6, 6.07) is 45.5. The first kappa shape index (κ1) is 24.9. The van der Waals surface area contributed by atoms with Crippen LogP contribution in [0.15, 0.2) is 140 Å². The van der Waals surface area contributed by atoms with Gasteiger partial charge in [-0.2, -0.15) is 0 Å². The summed E-state index contributed by atoms with van der Waals surface area (Å²) in [5.41, 5.74) is 3.86. The van der Waals surface area contributed by atoms with Crippen LogP contribution in [0.2, 0.25) is 0 Å². The fourth-order valence-electron chi connectivity index (χ4n) is 6.52. The normalized spacial score (nSPS) is 12.3. The van der Waals surface area contributed by atoms with E-state index in [9.17, 15) is 0 Å². The molecule has 0 unspecified atom stereocenters. The third-order valence-corrected chi connectivity index (χ3v) is 15.4. The molecule has 0 bridgehead atoms. The van der Waals surface area contributed by atoms with E-state index in [0.29, 0.717) is 0 Å². The summed E-state index contributed by atoms with van der Waals surface area (Å²) in [7, 11) is 0. The number of hydrogen-bond acceptors (Lipinski definition) is 3. The van der Waals surface area contributed by atoms with Crippen LogP contribution in [0.5, 0.6) is 0 Å². The van der Waals surface area contributed by atoms with Crippen molar-refractivity contribution < 1.29 is 0 Å². The van der Waals surface area contributed by atoms with E-state index in [1.165, 1.54) is 26.7 Å². The zero-order valence-corrected chi connectivity index (χ0v) is 25.5. The topological polar surface area (TPSA) is 43.1 Å². The first-order valence-electron chi connectivity index (χ1n) is 14.2. The summed E-state index contributed by atoms with van der Waals surface area (Å²) in [5.74, 6) is 0. The van der Waals surface area contributed by atoms with Crippen LogP contribution in [-0.4, -0.2) is 34.5 Å². The Morgan fingerprint density at radius 3 is 1.86 bits per heavy atom. The Balaban J connectivity index is 1.47. The molecule has 5 aromatic carbocycles. The molecule has 9 rings (SSSR count). The molecule has 4 heterocycles. The van der Waals surface area contributed by atoms with E-state index >= 15 is 0 Å². The molecule has 0 aliphatic carbocycles. The molecule has 4 nitrogen and oxygen atoms in total. The fraction of sp³-hybridized carbons (Fsp3) is 0. The van der Waals surface area contributed by atoms with Crippen molar-refractivity contribution in [3.05, 3.63) is 140 Å². The predicted octanol–water partition coefficient (Wildman–Crippen LogP) is 7.27. The molecule has 0 aliphatic rings. The van der Waals surface area contributed by atoms with Crippen molar-refractivity contribution in [1.29, 1.82) is 0 Å².